The summed E-state index contributed by atoms with van der Waals surface area (Å²) >= 11 is 5.96. The zero-order valence-electron chi connectivity index (χ0n) is 20.2. The highest BCUT2D eigenvalue weighted by molar-refractivity contribution is 6.29. The molecular weight excluding hydrogens is 489 g/mol. The highest BCUT2D eigenvalue weighted by Gasteiger charge is 2.25. The van der Waals surface area contributed by atoms with E-state index in [0.29, 0.717) is 29.7 Å². The van der Waals surface area contributed by atoms with Crippen LogP contribution < -0.4 is 10.1 Å². The third-order valence-corrected chi connectivity index (χ3v) is 5.83. The Morgan fingerprint density at radius 3 is 2.28 bits per heavy atom. The van der Waals surface area contributed by atoms with Crippen LogP contribution in [0, 0.1) is 0 Å². The lowest BCUT2D eigenvalue weighted by Crippen LogP contribution is -2.07. The summed E-state index contributed by atoms with van der Waals surface area (Å²) in [7, 11) is 0. The van der Waals surface area contributed by atoms with Crippen LogP contribution in [0.4, 0.5) is 19.0 Å². The van der Waals surface area contributed by atoms with Crippen LogP contribution in [0.5, 0.6) is 5.75 Å². The first-order valence-electron chi connectivity index (χ1n) is 12.4. The summed E-state index contributed by atoms with van der Waals surface area (Å²) in [5.41, 5.74) is 1.81. The van der Waals surface area contributed by atoms with Gasteiger partial charge in [0.1, 0.15) is 22.4 Å². The fraction of sp³-hybridized carbons (Fsp3) is 0.444. The van der Waals surface area contributed by atoms with Crippen molar-refractivity contribution >= 4 is 17.4 Å². The number of pyridine rings is 1. The molecule has 1 aromatic carbocycles. The van der Waals surface area contributed by atoms with E-state index in [1.807, 2.05) is 30.3 Å². The van der Waals surface area contributed by atoms with Crippen molar-refractivity contribution in [3.8, 4) is 17.3 Å². The minimum Gasteiger partial charge on any atom is -0.494 e. The van der Waals surface area contributed by atoms with Crippen LogP contribution in [0.15, 0.2) is 54.7 Å². The number of anilines is 1. The van der Waals surface area contributed by atoms with Crippen molar-refractivity contribution in [3.63, 3.8) is 0 Å². The van der Waals surface area contributed by atoms with Gasteiger partial charge in [0.2, 0.25) is 0 Å². The van der Waals surface area contributed by atoms with E-state index in [1.165, 1.54) is 5.56 Å². The van der Waals surface area contributed by atoms with Crippen LogP contribution in [0.2, 0.25) is 5.15 Å². The third-order valence-electron chi connectivity index (χ3n) is 5.62. The number of alkyl halides is 3. The number of benzene rings is 1. The Balaban J connectivity index is 1.27. The predicted molar refractivity (Wildman–Crippen MR) is 137 cm³/mol. The van der Waals surface area contributed by atoms with Gasteiger partial charge in [0.15, 0.2) is 5.82 Å². The molecule has 0 saturated carbocycles. The van der Waals surface area contributed by atoms with Gasteiger partial charge in [-0.05, 0) is 55.2 Å². The van der Waals surface area contributed by atoms with E-state index in [1.54, 1.807) is 12.3 Å². The van der Waals surface area contributed by atoms with Crippen molar-refractivity contribution in [2.45, 2.75) is 64.0 Å². The number of rotatable bonds is 15. The van der Waals surface area contributed by atoms with Gasteiger partial charge in [-0.3, -0.25) is 0 Å². The number of nitrogens with one attached hydrogen (secondary N) is 1. The lowest BCUT2D eigenvalue weighted by atomic mass is 10.1. The van der Waals surface area contributed by atoms with E-state index in [-0.39, 0.29) is 6.42 Å². The highest BCUT2D eigenvalue weighted by Crippen LogP contribution is 2.23. The van der Waals surface area contributed by atoms with Gasteiger partial charge >= 0.3 is 6.18 Å². The number of nitrogens with zero attached hydrogens (tertiary/aromatic N) is 3. The molecule has 0 atom stereocenters. The van der Waals surface area contributed by atoms with E-state index in [0.717, 1.165) is 56.6 Å². The summed E-state index contributed by atoms with van der Waals surface area (Å²) in [6, 6.07) is 15.2. The van der Waals surface area contributed by atoms with E-state index >= 15 is 0 Å². The molecule has 0 radical (unpaired) electrons. The summed E-state index contributed by atoms with van der Waals surface area (Å²) in [5.74, 6) is 2.08. The normalized spacial score (nSPS) is 11.4. The maximum atomic E-state index is 12.1. The molecule has 194 valence electrons. The topological polar surface area (TPSA) is 59.9 Å². The molecule has 5 nitrogen and oxygen atoms in total. The Morgan fingerprint density at radius 2 is 1.56 bits per heavy atom. The molecule has 0 bridgehead atoms. The average Bonchev–Trinajstić information content (AvgIpc) is 2.85. The van der Waals surface area contributed by atoms with Crippen molar-refractivity contribution in [1.29, 1.82) is 0 Å². The van der Waals surface area contributed by atoms with Crippen LogP contribution in [0.1, 0.15) is 56.9 Å². The zero-order valence-corrected chi connectivity index (χ0v) is 21.0. The molecule has 1 N–H and O–H groups in total. The Kier molecular flexibility index (Phi) is 11.3. The second-order valence-electron chi connectivity index (χ2n) is 8.62. The summed E-state index contributed by atoms with van der Waals surface area (Å²) < 4.78 is 42.1. The first-order chi connectivity index (χ1) is 17.4. The summed E-state index contributed by atoms with van der Waals surface area (Å²) in [6.45, 7) is 1.36. The number of unbranched alkanes of at least 4 members (excludes halogenated alkanes) is 6. The Morgan fingerprint density at radius 1 is 0.833 bits per heavy atom. The second kappa shape index (κ2) is 14.6. The molecule has 0 aliphatic carbocycles. The summed E-state index contributed by atoms with van der Waals surface area (Å²) in [5, 5.41) is 3.72. The molecular formula is C27H32ClF3N4O. The lowest BCUT2D eigenvalue weighted by Gasteiger charge is -2.09. The van der Waals surface area contributed by atoms with Gasteiger partial charge < -0.3 is 10.1 Å². The lowest BCUT2D eigenvalue weighted by molar-refractivity contribution is -0.135. The average molecular weight is 521 g/mol. The van der Waals surface area contributed by atoms with Crippen LogP contribution in [-0.2, 0) is 6.42 Å². The molecule has 0 aliphatic rings. The summed E-state index contributed by atoms with van der Waals surface area (Å²) in [6.07, 6.45) is 3.58. The molecule has 0 unspecified atom stereocenters. The van der Waals surface area contributed by atoms with Crippen LogP contribution >= 0.6 is 11.6 Å². The smallest absolute Gasteiger partial charge is 0.389 e. The molecule has 3 rings (SSSR count). The number of ether oxygens (including phenoxy) is 1. The minimum absolute atomic E-state index is 0.238. The number of hydrogen-bond donors (Lipinski definition) is 1. The number of hydrogen-bond acceptors (Lipinski definition) is 5. The molecule has 36 heavy (non-hydrogen) atoms. The van der Waals surface area contributed by atoms with Crippen LogP contribution in [0.3, 0.4) is 0 Å². The largest absolute Gasteiger partial charge is 0.494 e. The SMILES string of the molecule is FC(F)(F)CCCCCCCCCOc1ccc(CCNc2ccnc(-c3cccc(Cl)n3)n2)cc1. The molecule has 0 aliphatic heterocycles. The molecule has 9 heteroatoms. The van der Waals surface area contributed by atoms with Gasteiger partial charge in [-0.25, -0.2) is 15.0 Å². The molecule has 2 aromatic heterocycles. The summed E-state index contributed by atoms with van der Waals surface area (Å²) in [4.78, 5) is 13.0. The predicted octanol–water partition coefficient (Wildman–Crippen LogP) is 7.91. The Bertz CT molecular complexity index is 1050. The Hall–Kier alpha value is -2.87. The van der Waals surface area contributed by atoms with E-state index in [2.05, 4.69) is 32.4 Å². The van der Waals surface area contributed by atoms with Gasteiger partial charge in [-0.1, -0.05) is 61.9 Å². The first-order valence-corrected chi connectivity index (χ1v) is 12.8. The van der Waals surface area contributed by atoms with Gasteiger partial charge in [0.25, 0.3) is 0 Å². The minimum atomic E-state index is -4.02. The zero-order chi connectivity index (χ0) is 25.6. The molecule has 0 saturated heterocycles. The van der Waals surface area contributed by atoms with Gasteiger partial charge in [-0.15, -0.1) is 0 Å². The van der Waals surface area contributed by atoms with Crippen LogP contribution in [0.25, 0.3) is 11.5 Å². The first kappa shape index (κ1) is 27.7. The van der Waals surface area contributed by atoms with Crippen molar-refractivity contribution in [3.05, 3.63) is 65.4 Å². The fourth-order valence-corrected chi connectivity index (χ4v) is 3.87. The molecule has 0 spiro atoms. The number of aromatic nitrogens is 3. The van der Waals surface area contributed by atoms with Crippen LogP contribution in [-0.4, -0.2) is 34.3 Å². The maximum Gasteiger partial charge on any atom is 0.389 e. The maximum absolute atomic E-state index is 12.1. The Labute approximate surface area is 215 Å². The van der Waals surface area contributed by atoms with E-state index in [4.69, 9.17) is 16.3 Å². The van der Waals surface area contributed by atoms with Crippen molar-refractivity contribution in [1.82, 2.24) is 15.0 Å². The molecule has 0 fully saturated rings. The van der Waals surface area contributed by atoms with Gasteiger partial charge in [-0.2, -0.15) is 13.2 Å². The standard InChI is InChI=1S/C27H32ClF3N4O/c28-24-10-8-9-23(34-24)26-33-19-16-25(35-26)32-18-15-21-11-13-22(14-12-21)36-20-7-5-3-1-2-4-6-17-27(29,30)31/h8-14,16,19H,1-7,15,17-18,20H2,(H,32,33,35). The van der Waals surface area contributed by atoms with Crippen molar-refractivity contribution in [2.24, 2.45) is 0 Å². The van der Waals surface area contributed by atoms with Crippen molar-refractivity contribution in [2.75, 3.05) is 18.5 Å². The monoisotopic (exact) mass is 520 g/mol. The molecule has 3 aromatic rings. The van der Waals surface area contributed by atoms with Crippen molar-refractivity contribution < 1.29 is 17.9 Å². The molecule has 2 heterocycles. The quantitative estimate of drug-likeness (QED) is 0.163. The third kappa shape index (κ3) is 10.8. The molecule has 0 amide bonds. The van der Waals surface area contributed by atoms with E-state index < -0.39 is 12.6 Å². The highest BCUT2D eigenvalue weighted by atomic mass is 35.5. The van der Waals surface area contributed by atoms with Gasteiger partial charge in [0.05, 0.1) is 6.61 Å². The second-order valence-corrected chi connectivity index (χ2v) is 9.01. The van der Waals surface area contributed by atoms with Gasteiger partial charge in [0, 0.05) is 19.2 Å². The number of halogens is 4. The fourth-order valence-electron chi connectivity index (χ4n) is 3.70. The van der Waals surface area contributed by atoms with E-state index in [9.17, 15) is 13.2 Å².